The highest BCUT2D eigenvalue weighted by Gasteiger charge is 2.45. The van der Waals surface area contributed by atoms with Crippen LogP contribution in [0.1, 0.15) is 116 Å². The first kappa shape index (κ1) is 24.5. The Labute approximate surface area is 236 Å². The van der Waals surface area contributed by atoms with Crippen LogP contribution in [0, 0.1) is 37.0 Å². The van der Waals surface area contributed by atoms with Crippen molar-refractivity contribution in [1.82, 2.24) is 0 Å². The molecule has 8 rings (SSSR count). The van der Waals surface area contributed by atoms with Crippen LogP contribution in [0.15, 0.2) is 42.5 Å². The van der Waals surface area contributed by atoms with E-state index in [2.05, 4.69) is 62.4 Å². The van der Waals surface area contributed by atoms with Gasteiger partial charge in [0.1, 0.15) is 0 Å². The molecule has 0 aromatic heterocycles. The van der Waals surface area contributed by atoms with Crippen molar-refractivity contribution in [3.05, 3.63) is 75.9 Å². The highest BCUT2D eigenvalue weighted by atomic mass is 14.5. The quantitative estimate of drug-likeness (QED) is 0.317. The summed E-state index contributed by atoms with van der Waals surface area (Å²) in [4.78, 5) is 0. The first-order valence-corrected chi connectivity index (χ1v) is 16.4. The molecule has 1 unspecified atom stereocenters. The molecule has 0 saturated heterocycles. The summed E-state index contributed by atoms with van der Waals surface area (Å²) in [6.07, 6.45) is 24.8. The minimum absolute atomic E-state index is 0.671. The molecule has 0 nitrogen and oxygen atoms in total. The monoisotopic (exact) mass is 514 g/mol. The zero-order valence-corrected chi connectivity index (χ0v) is 24.3. The summed E-state index contributed by atoms with van der Waals surface area (Å²) in [5.41, 5.74) is 12.8. The highest BCUT2D eigenvalue weighted by Crippen LogP contribution is 2.57. The van der Waals surface area contributed by atoms with Crippen LogP contribution in [0.25, 0.3) is 28.0 Å². The predicted molar refractivity (Wildman–Crippen MR) is 166 cm³/mol. The Bertz CT molecular complexity index is 1450. The molecule has 2 bridgehead atoms. The van der Waals surface area contributed by atoms with Gasteiger partial charge >= 0.3 is 0 Å². The van der Waals surface area contributed by atoms with Crippen LogP contribution in [-0.4, -0.2) is 0 Å². The Morgan fingerprint density at radius 3 is 2.41 bits per heavy atom. The predicted octanol–water partition coefficient (Wildman–Crippen LogP) is 10.9. The third-order valence-corrected chi connectivity index (χ3v) is 12.5. The van der Waals surface area contributed by atoms with Gasteiger partial charge in [-0.25, -0.2) is 0 Å². The minimum Gasteiger partial charge on any atom is -0.0795 e. The van der Waals surface area contributed by atoms with Crippen molar-refractivity contribution >= 4 is 16.8 Å². The van der Waals surface area contributed by atoms with Crippen molar-refractivity contribution in [3.8, 4) is 11.1 Å². The van der Waals surface area contributed by atoms with Crippen molar-refractivity contribution < 1.29 is 0 Å². The zero-order chi connectivity index (χ0) is 26.1. The van der Waals surface area contributed by atoms with Crippen LogP contribution in [-0.2, 0) is 12.8 Å². The normalized spacial score (nSPS) is 30.8. The molecule has 3 aromatic carbocycles. The number of hydrogen-bond donors (Lipinski definition) is 0. The maximum Gasteiger partial charge on any atom is -0.00765 e. The average molecular weight is 515 g/mol. The molecule has 3 aromatic rings. The fourth-order valence-electron chi connectivity index (χ4n) is 10.5. The van der Waals surface area contributed by atoms with Gasteiger partial charge in [-0.1, -0.05) is 74.2 Å². The molecule has 0 heteroatoms. The van der Waals surface area contributed by atoms with Gasteiger partial charge in [0.05, 0.1) is 0 Å². The molecule has 4 fully saturated rings. The van der Waals surface area contributed by atoms with Crippen LogP contribution >= 0.6 is 0 Å². The van der Waals surface area contributed by atoms with Crippen LogP contribution < -0.4 is 0 Å². The summed E-state index contributed by atoms with van der Waals surface area (Å²) in [5.74, 6) is 3.74. The Kier molecular flexibility index (Phi) is 5.87. The lowest BCUT2D eigenvalue weighted by Gasteiger charge is -2.31. The number of allylic oxidation sites excluding steroid dienone is 1. The van der Waals surface area contributed by atoms with Crippen molar-refractivity contribution in [3.63, 3.8) is 0 Å². The van der Waals surface area contributed by atoms with E-state index < -0.39 is 0 Å². The average Bonchev–Trinajstić information content (AvgIpc) is 3.72. The summed E-state index contributed by atoms with van der Waals surface area (Å²) in [7, 11) is 0. The molecule has 202 valence electrons. The van der Waals surface area contributed by atoms with Gasteiger partial charge in [0, 0.05) is 0 Å². The largest absolute Gasteiger partial charge is 0.0795 e. The fraction of sp³-hybridized carbons (Fsp3) is 0.538. The number of aryl methyl sites for hydroxylation is 3. The van der Waals surface area contributed by atoms with E-state index in [1.54, 1.807) is 21.9 Å². The molecule has 0 spiro atoms. The van der Waals surface area contributed by atoms with E-state index in [1.807, 2.05) is 0 Å². The summed E-state index contributed by atoms with van der Waals surface area (Å²) in [6.45, 7) is 4.74. The van der Waals surface area contributed by atoms with Crippen molar-refractivity contribution in [2.45, 2.75) is 110 Å². The first-order valence-electron chi connectivity index (χ1n) is 16.4. The molecule has 39 heavy (non-hydrogen) atoms. The number of benzene rings is 3. The van der Waals surface area contributed by atoms with Crippen molar-refractivity contribution in [2.75, 3.05) is 0 Å². The van der Waals surface area contributed by atoms with E-state index in [1.165, 1.54) is 117 Å². The van der Waals surface area contributed by atoms with E-state index in [9.17, 15) is 0 Å². The van der Waals surface area contributed by atoms with Crippen LogP contribution in [0.3, 0.4) is 0 Å². The topological polar surface area (TPSA) is 0 Å². The second-order valence-corrected chi connectivity index (χ2v) is 14.5. The third-order valence-electron chi connectivity index (χ3n) is 12.5. The molecular weight excluding hydrogens is 468 g/mol. The van der Waals surface area contributed by atoms with E-state index in [0.29, 0.717) is 5.41 Å². The first-order chi connectivity index (χ1) is 19.1. The zero-order valence-electron chi connectivity index (χ0n) is 24.3. The maximum absolute atomic E-state index is 2.71. The molecule has 3 atom stereocenters. The molecule has 5 aliphatic rings. The van der Waals surface area contributed by atoms with E-state index in [4.69, 9.17) is 0 Å². The van der Waals surface area contributed by atoms with Gasteiger partial charge in [-0.2, -0.15) is 0 Å². The van der Waals surface area contributed by atoms with Crippen molar-refractivity contribution in [2.24, 2.45) is 23.2 Å². The van der Waals surface area contributed by atoms with Gasteiger partial charge in [0.2, 0.25) is 0 Å². The molecule has 5 aliphatic carbocycles. The standard InChI is InChI=1S/C39H46/c1-25-10-13-30-6-3-9-34(30)38(25)33-14-15-35-36(26(33)2)23-29(16-19-39-17-4-7-32(39)8-5-18-39)24-37(35)31-21-27-11-12-28(20-27)22-31/h3,9-10,13-15,23-24,27-28,31-32H,4-8,11-12,16-22H2,1-2H3/t27-,28+,31?,32?,39?. The summed E-state index contributed by atoms with van der Waals surface area (Å²) >= 11 is 0. The van der Waals surface area contributed by atoms with Crippen molar-refractivity contribution in [1.29, 1.82) is 0 Å². The Morgan fingerprint density at radius 2 is 1.62 bits per heavy atom. The third kappa shape index (κ3) is 3.99. The SMILES string of the molecule is Cc1ccc2c(c1-c1ccc3c(C4C[C@H]5CC[C@@H](C4)C5)cc(CCC45CCCC4CCC5)cc3c1C)C=CC2. The van der Waals surface area contributed by atoms with Gasteiger partial charge in [-0.3, -0.25) is 0 Å². The Balaban J connectivity index is 1.24. The number of hydrogen-bond acceptors (Lipinski definition) is 0. The fourth-order valence-corrected chi connectivity index (χ4v) is 10.5. The smallest absolute Gasteiger partial charge is 0.00765 e. The Hall–Kier alpha value is -2.34. The molecule has 0 amide bonds. The lowest BCUT2D eigenvalue weighted by atomic mass is 9.73. The number of fused-ring (bicyclic) bond motifs is 5. The van der Waals surface area contributed by atoms with E-state index in [-0.39, 0.29) is 0 Å². The van der Waals surface area contributed by atoms with Gasteiger partial charge in [-0.15, -0.1) is 0 Å². The maximum atomic E-state index is 2.71. The van der Waals surface area contributed by atoms with E-state index in [0.717, 1.165) is 30.1 Å². The summed E-state index contributed by atoms with van der Waals surface area (Å²) in [6, 6.07) is 15.0. The van der Waals surface area contributed by atoms with Gasteiger partial charge in [0.15, 0.2) is 0 Å². The number of rotatable bonds is 5. The van der Waals surface area contributed by atoms with Crippen LogP contribution in [0.2, 0.25) is 0 Å². The minimum atomic E-state index is 0.671. The molecular formula is C39H46. The van der Waals surface area contributed by atoms with Crippen LogP contribution in [0.5, 0.6) is 0 Å². The molecule has 4 saturated carbocycles. The second-order valence-electron chi connectivity index (χ2n) is 14.5. The Morgan fingerprint density at radius 1 is 0.821 bits per heavy atom. The molecule has 0 aliphatic heterocycles. The van der Waals surface area contributed by atoms with Gasteiger partial charge in [-0.05, 0) is 162 Å². The molecule has 0 radical (unpaired) electrons. The summed E-state index contributed by atoms with van der Waals surface area (Å²) < 4.78 is 0. The lowest BCUT2D eigenvalue weighted by Crippen LogP contribution is -2.20. The lowest BCUT2D eigenvalue weighted by molar-refractivity contribution is 0.221. The summed E-state index contributed by atoms with van der Waals surface area (Å²) in [5, 5.41) is 3.11. The van der Waals surface area contributed by atoms with E-state index >= 15 is 0 Å². The van der Waals surface area contributed by atoms with Gasteiger partial charge < -0.3 is 0 Å². The second kappa shape index (κ2) is 9.36. The molecule has 0 heterocycles. The molecule has 0 N–H and O–H groups in total. The van der Waals surface area contributed by atoms with Crippen LogP contribution in [0.4, 0.5) is 0 Å². The van der Waals surface area contributed by atoms with Gasteiger partial charge in [0.25, 0.3) is 0 Å². The highest BCUT2D eigenvalue weighted by molar-refractivity contribution is 5.96.